The Balaban J connectivity index is 1.46. The number of fused-ring (bicyclic) bond motifs is 2. The van der Waals surface area contributed by atoms with Gasteiger partial charge < -0.3 is 15.2 Å². The summed E-state index contributed by atoms with van der Waals surface area (Å²) in [6.07, 6.45) is 3.33. The minimum atomic E-state index is 0.450. The molecule has 2 N–H and O–H groups in total. The van der Waals surface area contributed by atoms with E-state index in [1.165, 1.54) is 12.8 Å². The Bertz CT molecular complexity index is 399. The summed E-state index contributed by atoms with van der Waals surface area (Å²) in [5.41, 5.74) is 6.54. The molecule has 1 aromatic carbocycles. The first-order chi connectivity index (χ1) is 8.81. The lowest BCUT2D eigenvalue weighted by molar-refractivity contribution is -0.0408. The van der Waals surface area contributed by atoms with E-state index in [1.54, 1.807) is 0 Å². The number of nitrogens with zero attached hydrogens (tertiary/aromatic N) is 1. The van der Waals surface area contributed by atoms with Crippen LogP contribution in [0.15, 0.2) is 24.3 Å². The molecular weight excluding hydrogens is 228 g/mol. The Morgan fingerprint density at radius 1 is 1.22 bits per heavy atom. The lowest BCUT2D eigenvalue weighted by atomic mass is 10.2. The second-order valence-electron chi connectivity index (χ2n) is 5.10. The van der Waals surface area contributed by atoms with Crippen LogP contribution in [0.3, 0.4) is 0 Å². The van der Waals surface area contributed by atoms with Gasteiger partial charge in [-0.1, -0.05) is 12.1 Å². The lowest BCUT2D eigenvalue weighted by Gasteiger charge is -2.31. The molecule has 2 unspecified atom stereocenters. The highest BCUT2D eigenvalue weighted by molar-refractivity contribution is 5.51. The van der Waals surface area contributed by atoms with Crippen molar-refractivity contribution >= 4 is 5.69 Å². The van der Waals surface area contributed by atoms with Crippen LogP contribution in [0.5, 0.6) is 5.75 Å². The Hall–Kier alpha value is -1.26. The number of hydrogen-bond acceptors (Lipinski definition) is 4. The number of benzene rings is 1. The molecular formula is C14H20N2O2. The summed E-state index contributed by atoms with van der Waals surface area (Å²) >= 11 is 0. The molecule has 2 saturated heterocycles. The molecule has 0 aliphatic carbocycles. The molecule has 2 bridgehead atoms. The molecule has 0 aromatic heterocycles. The van der Waals surface area contributed by atoms with Crippen molar-refractivity contribution in [2.45, 2.75) is 25.0 Å². The standard InChI is InChI=1S/C14H20N2O2/c15-13-3-1-2-4-14(13)17-8-7-16-9-11-5-6-12(10-16)18-11/h1-4,11-12H,5-10,15H2. The minimum Gasteiger partial charge on any atom is -0.490 e. The van der Waals surface area contributed by atoms with Crippen molar-refractivity contribution < 1.29 is 9.47 Å². The van der Waals surface area contributed by atoms with E-state index in [2.05, 4.69) is 4.90 Å². The van der Waals surface area contributed by atoms with Gasteiger partial charge in [0, 0.05) is 19.6 Å². The smallest absolute Gasteiger partial charge is 0.142 e. The highest BCUT2D eigenvalue weighted by atomic mass is 16.5. The van der Waals surface area contributed by atoms with E-state index in [4.69, 9.17) is 15.2 Å². The van der Waals surface area contributed by atoms with Gasteiger partial charge in [-0.2, -0.15) is 0 Å². The van der Waals surface area contributed by atoms with Crippen molar-refractivity contribution in [3.63, 3.8) is 0 Å². The summed E-state index contributed by atoms with van der Waals surface area (Å²) in [4.78, 5) is 2.44. The summed E-state index contributed by atoms with van der Waals surface area (Å²) in [5.74, 6) is 0.786. The first-order valence-electron chi connectivity index (χ1n) is 6.66. The average Bonchev–Trinajstić information content (AvgIpc) is 2.71. The van der Waals surface area contributed by atoms with Gasteiger partial charge in [-0.25, -0.2) is 0 Å². The molecule has 0 amide bonds. The predicted molar refractivity (Wildman–Crippen MR) is 70.7 cm³/mol. The van der Waals surface area contributed by atoms with Gasteiger partial charge in [0.25, 0.3) is 0 Å². The van der Waals surface area contributed by atoms with Crippen molar-refractivity contribution in [1.29, 1.82) is 0 Å². The molecule has 2 aliphatic rings. The van der Waals surface area contributed by atoms with Gasteiger partial charge >= 0.3 is 0 Å². The van der Waals surface area contributed by atoms with Crippen molar-refractivity contribution in [1.82, 2.24) is 4.90 Å². The topological polar surface area (TPSA) is 47.7 Å². The Morgan fingerprint density at radius 2 is 1.94 bits per heavy atom. The Kier molecular flexibility index (Phi) is 3.39. The van der Waals surface area contributed by atoms with Crippen LogP contribution in [-0.2, 0) is 4.74 Å². The van der Waals surface area contributed by atoms with Gasteiger partial charge in [0.1, 0.15) is 12.4 Å². The molecule has 2 heterocycles. The van der Waals surface area contributed by atoms with Crippen LogP contribution in [0.2, 0.25) is 0 Å². The summed E-state index contributed by atoms with van der Waals surface area (Å²) in [6.45, 7) is 3.73. The first kappa shape index (κ1) is 11.8. The van der Waals surface area contributed by atoms with Crippen LogP contribution < -0.4 is 10.5 Å². The van der Waals surface area contributed by atoms with E-state index < -0.39 is 0 Å². The molecule has 98 valence electrons. The Labute approximate surface area is 108 Å². The van der Waals surface area contributed by atoms with Crippen LogP contribution in [0.25, 0.3) is 0 Å². The molecule has 1 aromatic rings. The zero-order chi connectivity index (χ0) is 12.4. The second-order valence-corrected chi connectivity index (χ2v) is 5.10. The average molecular weight is 248 g/mol. The number of nitrogens with two attached hydrogens (primary N) is 1. The third kappa shape index (κ3) is 2.60. The van der Waals surface area contributed by atoms with Crippen molar-refractivity contribution in [3.05, 3.63) is 24.3 Å². The Morgan fingerprint density at radius 3 is 2.67 bits per heavy atom. The number of para-hydroxylation sites is 2. The zero-order valence-corrected chi connectivity index (χ0v) is 10.5. The number of nitrogen functional groups attached to an aromatic ring is 1. The fourth-order valence-corrected chi connectivity index (χ4v) is 2.78. The number of likely N-dealkylation sites (tertiary alicyclic amines) is 1. The van der Waals surface area contributed by atoms with Gasteiger partial charge in [-0.3, -0.25) is 4.90 Å². The van der Waals surface area contributed by atoms with Crippen LogP contribution in [0, 0.1) is 0 Å². The van der Waals surface area contributed by atoms with Gasteiger partial charge in [0.05, 0.1) is 17.9 Å². The molecule has 2 fully saturated rings. The van der Waals surface area contributed by atoms with Gasteiger partial charge in [0.2, 0.25) is 0 Å². The molecule has 0 saturated carbocycles. The quantitative estimate of drug-likeness (QED) is 0.821. The maximum Gasteiger partial charge on any atom is 0.142 e. The van der Waals surface area contributed by atoms with Crippen LogP contribution in [0.1, 0.15) is 12.8 Å². The summed E-state index contributed by atoms with van der Waals surface area (Å²) in [6, 6.07) is 7.64. The van der Waals surface area contributed by atoms with Crippen LogP contribution in [-0.4, -0.2) is 43.3 Å². The molecule has 4 nitrogen and oxygen atoms in total. The van der Waals surface area contributed by atoms with E-state index in [0.29, 0.717) is 24.5 Å². The molecule has 18 heavy (non-hydrogen) atoms. The molecule has 4 heteroatoms. The molecule has 2 aliphatic heterocycles. The maximum atomic E-state index is 5.84. The summed E-state index contributed by atoms with van der Waals surface area (Å²) in [5, 5.41) is 0. The third-order valence-corrected chi connectivity index (χ3v) is 3.70. The van der Waals surface area contributed by atoms with Crippen molar-refractivity contribution in [2.24, 2.45) is 0 Å². The SMILES string of the molecule is Nc1ccccc1OCCN1CC2CCC(C1)O2. The van der Waals surface area contributed by atoms with E-state index in [0.717, 1.165) is 25.4 Å². The third-order valence-electron chi connectivity index (χ3n) is 3.70. The highest BCUT2D eigenvalue weighted by Crippen LogP contribution is 2.26. The zero-order valence-electron chi connectivity index (χ0n) is 10.5. The number of hydrogen-bond donors (Lipinski definition) is 1. The summed E-state index contributed by atoms with van der Waals surface area (Å²) < 4.78 is 11.5. The molecule has 2 atom stereocenters. The van der Waals surface area contributed by atoms with Gasteiger partial charge in [0.15, 0.2) is 0 Å². The number of rotatable bonds is 4. The number of morpholine rings is 1. The van der Waals surface area contributed by atoms with Crippen LogP contribution >= 0.6 is 0 Å². The molecule has 0 radical (unpaired) electrons. The first-order valence-corrected chi connectivity index (χ1v) is 6.66. The number of ether oxygens (including phenoxy) is 2. The highest BCUT2D eigenvalue weighted by Gasteiger charge is 2.33. The molecule has 0 spiro atoms. The lowest BCUT2D eigenvalue weighted by Crippen LogP contribution is -2.44. The molecule has 3 rings (SSSR count). The second kappa shape index (κ2) is 5.16. The monoisotopic (exact) mass is 248 g/mol. The fraction of sp³-hybridized carbons (Fsp3) is 0.571. The van der Waals surface area contributed by atoms with E-state index >= 15 is 0 Å². The van der Waals surface area contributed by atoms with Crippen LogP contribution in [0.4, 0.5) is 5.69 Å². The van der Waals surface area contributed by atoms with E-state index in [1.807, 2.05) is 24.3 Å². The van der Waals surface area contributed by atoms with Crippen molar-refractivity contribution in [3.8, 4) is 5.75 Å². The normalized spacial score (nSPS) is 27.3. The minimum absolute atomic E-state index is 0.450. The predicted octanol–water partition coefficient (Wildman–Crippen LogP) is 1.51. The van der Waals surface area contributed by atoms with Gasteiger partial charge in [-0.05, 0) is 25.0 Å². The van der Waals surface area contributed by atoms with E-state index in [9.17, 15) is 0 Å². The largest absolute Gasteiger partial charge is 0.490 e. The van der Waals surface area contributed by atoms with Gasteiger partial charge in [-0.15, -0.1) is 0 Å². The number of anilines is 1. The van der Waals surface area contributed by atoms with E-state index in [-0.39, 0.29) is 0 Å². The van der Waals surface area contributed by atoms with Crippen molar-refractivity contribution in [2.75, 3.05) is 32.0 Å². The summed E-state index contributed by atoms with van der Waals surface area (Å²) in [7, 11) is 0. The maximum absolute atomic E-state index is 5.84. The fourth-order valence-electron chi connectivity index (χ4n) is 2.78.